The summed E-state index contributed by atoms with van der Waals surface area (Å²) in [5.41, 5.74) is 7.73. The summed E-state index contributed by atoms with van der Waals surface area (Å²) >= 11 is 0. The zero-order chi connectivity index (χ0) is 17.5. The van der Waals surface area contributed by atoms with Gasteiger partial charge in [-0.1, -0.05) is 6.07 Å². The molecule has 0 radical (unpaired) electrons. The molecule has 2 aromatic heterocycles. The van der Waals surface area contributed by atoms with Crippen molar-refractivity contribution >= 4 is 11.0 Å². The van der Waals surface area contributed by atoms with Crippen LogP contribution in [0.4, 0.5) is 0 Å². The predicted molar refractivity (Wildman–Crippen MR) is 99.6 cm³/mol. The van der Waals surface area contributed by atoms with Crippen molar-refractivity contribution in [2.75, 3.05) is 13.2 Å². The number of pyridine rings is 1. The first-order valence-electron chi connectivity index (χ1n) is 9.18. The second-order valence-corrected chi connectivity index (χ2v) is 7.09. The van der Waals surface area contributed by atoms with Gasteiger partial charge in [-0.25, -0.2) is 4.98 Å². The summed E-state index contributed by atoms with van der Waals surface area (Å²) in [5, 5.41) is 13.8. The van der Waals surface area contributed by atoms with Gasteiger partial charge in [-0.3, -0.25) is 0 Å². The molecule has 0 bridgehead atoms. The lowest BCUT2D eigenvalue weighted by Gasteiger charge is -2.24. The molecule has 0 unspecified atom stereocenters. The Morgan fingerprint density at radius 3 is 3.04 bits per heavy atom. The molecule has 0 amide bonds. The van der Waals surface area contributed by atoms with Gasteiger partial charge in [0.2, 0.25) is 0 Å². The third-order valence-corrected chi connectivity index (χ3v) is 5.56. The number of ether oxygens (including phenoxy) is 1. The smallest absolute Gasteiger partial charge is 0.138 e. The Balaban J connectivity index is 1.67. The average molecular weight is 344 g/mol. The van der Waals surface area contributed by atoms with Crippen LogP contribution in [0, 0.1) is 11.3 Å². The van der Waals surface area contributed by atoms with E-state index >= 15 is 0 Å². The van der Waals surface area contributed by atoms with Crippen LogP contribution in [-0.2, 0) is 17.8 Å². The van der Waals surface area contributed by atoms with Gasteiger partial charge in [0, 0.05) is 29.4 Å². The summed E-state index contributed by atoms with van der Waals surface area (Å²) in [7, 11) is 0. The van der Waals surface area contributed by atoms with Crippen LogP contribution in [0.15, 0.2) is 30.6 Å². The topological polar surface area (TPSA) is 73.7 Å². The van der Waals surface area contributed by atoms with E-state index in [9.17, 15) is 5.26 Å². The van der Waals surface area contributed by atoms with Crippen LogP contribution in [0.5, 0.6) is 0 Å². The van der Waals surface area contributed by atoms with E-state index in [1.54, 1.807) is 6.20 Å². The molecule has 5 heteroatoms. The Hall–Kier alpha value is -2.68. The maximum absolute atomic E-state index is 9.31. The molecule has 2 aliphatic rings. The molecule has 0 saturated carbocycles. The predicted octanol–water partition coefficient (Wildman–Crippen LogP) is 3.60. The van der Waals surface area contributed by atoms with Gasteiger partial charge in [0.05, 0.1) is 18.8 Å². The van der Waals surface area contributed by atoms with Crippen molar-refractivity contribution < 1.29 is 4.74 Å². The number of nitriles is 1. The molecule has 26 heavy (non-hydrogen) atoms. The van der Waals surface area contributed by atoms with Gasteiger partial charge >= 0.3 is 0 Å². The summed E-state index contributed by atoms with van der Waals surface area (Å²) in [6.07, 6.45) is 6.95. The van der Waals surface area contributed by atoms with E-state index in [1.165, 1.54) is 35.1 Å². The first-order chi connectivity index (χ1) is 12.8. The van der Waals surface area contributed by atoms with E-state index in [1.807, 2.05) is 6.20 Å². The summed E-state index contributed by atoms with van der Waals surface area (Å²) in [5.74, 6) is 0. The number of hydrogen-bond donors (Lipinski definition) is 2. The van der Waals surface area contributed by atoms with E-state index in [2.05, 4.69) is 39.6 Å². The Labute approximate surface area is 152 Å². The van der Waals surface area contributed by atoms with Gasteiger partial charge in [-0.05, 0) is 60.2 Å². The maximum Gasteiger partial charge on any atom is 0.138 e. The summed E-state index contributed by atoms with van der Waals surface area (Å²) in [6, 6.07) is 9.28. The lowest BCUT2D eigenvalue weighted by molar-refractivity contribution is 0.109. The van der Waals surface area contributed by atoms with Crippen LogP contribution in [0.1, 0.15) is 41.1 Å². The normalized spacial score (nSPS) is 19.4. The lowest BCUT2D eigenvalue weighted by atomic mass is 9.88. The van der Waals surface area contributed by atoms with Crippen LogP contribution in [-0.4, -0.2) is 23.1 Å². The van der Waals surface area contributed by atoms with Gasteiger partial charge in [0.25, 0.3) is 0 Å². The Bertz CT molecular complexity index is 1020. The molecule has 0 spiro atoms. The van der Waals surface area contributed by atoms with E-state index in [-0.39, 0.29) is 0 Å². The van der Waals surface area contributed by atoms with E-state index < -0.39 is 0 Å². The summed E-state index contributed by atoms with van der Waals surface area (Å²) in [6.45, 7) is 2.56. The average Bonchev–Trinajstić information content (AvgIpc) is 3.36. The number of aromatic nitrogens is 2. The molecule has 2 N–H and O–H groups in total. The zero-order valence-electron chi connectivity index (χ0n) is 14.5. The molecule has 1 saturated heterocycles. The molecule has 3 aromatic rings. The Morgan fingerprint density at radius 2 is 2.19 bits per heavy atom. The molecule has 1 aromatic carbocycles. The number of hydrogen-bond acceptors (Lipinski definition) is 4. The van der Waals surface area contributed by atoms with Crippen LogP contribution in [0.25, 0.3) is 22.2 Å². The number of fused-ring (bicyclic) bond motifs is 2. The minimum atomic E-state index is 0.406. The van der Waals surface area contributed by atoms with Crippen molar-refractivity contribution in [3.8, 4) is 17.2 Å². The van der Waals surface area contributed by atoms with E-state index in [4.69, 9.17) is 4.74 Å². The fourth-order valence-corrected chi connectivity index (χ4v) is 4.19. The van der Waals surface area contributed by atoms with Crippen molar-refractivity contribution in [1.82, 2.24) is 15.3 Å². The van der Waals surface area contributed by atoms with Crippen LogP contribution in [0.3, 0.4) is 0 Å². The molecule has 5 rings (SSSR count). The Kier molecular flexibility index (Phi) is 3.74. The van der Waals surface area contributed by atoms with Crippen LogP contribution in [0.2, 0.25) is 0 Å². The number of benzene rings is 1. The fourth-order valence-electron chi connectivity index (χ4n) is 4.19. The van der Waals surface area contributed by atoms with E-state index in [0.717, 1.165) is 36.2 Å². The highest BCUT2D eigenvalue weighted by Gasteiger charge is 2.24. The number of H-pyrrole nitrogens is 1. The van der Waals surface area contributed by atoms with Gasteiger partial charge in [-0.2, -0.15) is 5.26 Å². The number of aromatic amines is 1. The zero-order valence-corrected chi connectivity index (χ0v) is 14.5. The molecular weight excluding hydrogens is 324 g/mol. The molecule has 4 heterocycles. The lowest BCUT2D eigenvalue weighted by Crippen LogP contribution is -2.19. The first-order valence-corrected chi connectivity index (χ1v) is 9.18. The molecule has 1 fully saturated rings. The highest BCUT2D eigenvalue weighted by atomic mass is 16.5. The third kappa shape index (κ3) is 2.50. The minimum absolute atomic E-state index is 0.406. The van der Waals surface area contributed by atoms with Crippen molar-refractivity contribution in [2.24, 2.45) is 0 Å². The molecule has 1 atom stereocenters. The fraction of sp³-hybridized carbons (Fsp3) is 0.333. The van der Waals surface area contributed by atoms with Crippen LogP contribution >= 0.6 is 0 Å². The molecular formula is C21H20N4O. The van der Waals surface area contributed by atoms with E-state index in [0.29, 0.717) is 18.2 Å². The summed E-state index contributed by atoms with van der Waals surface area (Å²) < 4.78 is 5.74. The van der Waals surface area contributed by atoms with Gasteiger partial charge in [-0.15, -0.1) is 0 Å². The maximum atomic E-state index is 9.31. The highest BCUT2D eigenvalue weighted by molar-refractivity contribution is 5.86. The van der Waals surface area contributed by atoms with Crippen molar-refractivity contribution in [1.29, 1.82) is 5.26 Å². The van der Waals surface area contributed by atoms with Crippen molar-refractivity contribution in [3.63, 3.8) is 0 Å². The largest absolute Gasteiger partial charge is 0.376 e. The SMILES string of the molecule is N#Cc1c[nH]c2ncc(-c3cc4c(c([C@@H]5CCCN5)c3)COCC4)cc12. The quantitative estimate of drug-likeness (QED) is 0.745. The molecule has 130 valence electrons. The first kappa shape index (κ1) is 15.6. The summed E-state index contributed by atoms with van der Waals surface area (Å²) in [4.78, 5) is 7.58. The number of rotatable bonds is 2. The standard InChI is InChI=1S/C21H20N4O/c22-9-16-11-25-21-17(16)8-15(10-24-21)14-6-13-3-5-26-12-19(13)18(7-14)20-2-1-4-23-20/h6-8,10-11,20,23H,1-5,12H2,(H,24,25)/t20-/m0/s1. The van der Waals surface area contributed by atoms with Gasteiger partial charge in [0.15, 0.2) is 0 Å². The van der Waals surface area contributed by atoms with Crippen LogP contribution < -0.4 is 5.32 Å². The van der Waals surface area contributed by atoms with Crippen molar-refractivity contribution in [2.45, 2.75) is 31.9 Å². The number of nitrogens with one attached hydrogen (secondary N) is 2. The van der Waals surface area contributed by atoms with Gasteiger partial charge in [0.1, 0.15) is 11.7 Å². The van der Waals surface area contributed by atoms with Crippen molar-refractivity contribution in [3.05, 3.63) is 52.8 Å². The molecule has 5 nitrogen and oxygen atoms in total. The highest BCUT2D eigenvalue weighted by Crippen LogP contribution is 2.35. The minimum Gasteiger partial charge on any atom is -0.376 e. The number of nitrogens with zero attached hydrogens (tertiary/aromatic N) is 2. The van der Waals surface area contributed by atoms with Gasteiger partial charge < -0.3 is 15.0 Å². The molecule has 0 aliphatic carbocycles. The third-order valence-electron chi connectivity index (χ3n) is 5.56. The monoisotopic (exact) mass is 344 g/mol. The molecule has 2 aliphatic heterocycles. The second-order valence-electron chi connectivity index (χ2n) is 7.09. The Morgan fingerprint density at radius 1 is 1.23 bits per heavy atom. The second kappa shape index (κ2) is 6.24.